The molecule has 0 saturated heterocycles. The number of hydrogen-bond donors (Lipinski definition) is 0. The third kappa shape index (κ3) is 3.09. The van der Waals surface area contributed by atoms with Gasteiger partial charge in [-0.2, -0.15) is 0 Å². The van der Waals surface area contributed by atoms with E-state index in [1.807, 2.05) is 11.6 Å². The number of fused-ring (bicyclic) bond motifs is 1. The fourth-order valence-electron chi connectivity index (χ4n) is 3.39. The second kappa shape index (κ2) is 6.58. The molecule has 7 nitrogen and oxygen atoms in total. The molecular weight excluding hydrogens is 318 g/mol. The first-order valence-corrected chi connectivity index (χ1v) is 8.47. The van der Waals surface area contributed by atoms with E-state index in [1.165, 1.54) is 6.20 Å². The number of pyridine rings is 1. The minimum atomic E-state index is -0.421. The molecule has 3 heterocycles. The Labute approximate surface area is 145 Å². The van der Waals surface area contributed by atoms with Crippen LogP contribution < -0.4 is 0 Å². The van der Waals surface area contributed by atoms with Crippen molar-refractivity contribution < 1.29 is 9.53 Å². The average molecular weight is 337 g/mol. The molecule has 0 bridgehead atoms. The van der Waals surface area contributed by atoms with E-state index in [2.05, 4.69) is 19.9 Å². The van der Waals surface area contributed by atoms with Gasteiger partial charge in [0.25, 0.3) is 0 Å². The van der Waals surface area contributed by atoms with Crippen LogP contribution in [0, 0.1) is 5.92 Å². The first-order valence-electron chi connectivity index (χ1n) is 8.47. The summed E-state index contributed by atoms with van der Waals surface area (Å²) in [5, 5.41) is 0. The van der Waals surface area contributed by atoms with Crippen LogP contribution >= 0.6 is 0 Å². The second-order valence-corrected chi connectivity index (χ2v) is 6.40. The maximum Gasteiger partial charge on any atom is 0.340 e. The highest BCUT2D eigenvalue weighted by Gasteiger charge is 2.32. The predicted octanol–water partition coefficient (Wildman–Crippen LogP) is 2.85. The van der Waals surface area contributed by atoms with Gasteiger partial charge in [-0.05, 0) is 25.0 Å². The molecule has 128 valence electrons. The van der Waals surface area contributed by atoms with Gasteiger partial charge < -0.3 is 9.30 Å². The molecule has 1 atom stereocenters. The molecule has 4 rings (SSSR count). The van der Waals surface area contributed by atoms with Crippen LogP contribution in [0.15, 0.2) is 37.1 Å². The molecule has 0 N–H and O–H groups in total. The molecule has 1 unspecified atom stereocenters. The van der Waals surface area contributed by atoms with Crippen molar-refractivity contribution in [3.8, 4) is 0 Å². The standard InChI is InChI=1S/C18H19N5O2/c1-23-11-22-14-9-13(10-21-17(14)23)18(24)25-15(12-5-2-3-6-12)16-19-7-4-8-20-16/h4,7-12,15H,2-3,5-6H2,1H3. The maximum absolute atomic E-state index is 12.7. The van der Waals surface area contributed by atoms with Gasteiger partial charge in [-0.25, -0.2) is 24.7 Å². The molecule has 3 aromatic rings. The lowest BCUT2D eigenvalue weighted by atomic mass is 10.00. The highest BCUT2D eigenvalue weighted by atomic mass is 16.5. The van der Waals surface area contributed by atoms with Crippen LogP contribution in [0.1, 0.15) is 48.0 Å². The maximum atomic E-state index is 12.7. The summed E-state index contributed by atoms with van der Waals surface area (Å²) in [7, 11) is 1.86. The lowest BCUT2D eigenvalue weighted by Crippen LogP contribution is -2.20. The number of carbonyl (C=O) groups excluding carboxylic acids is 1. The van der Waals surface area contributed by atoms with Crippen molar-refractivity contribution in [1.82, 2.24) is 24.5 Å². The van der Waals surface area contributed by atoms with Gasteiger partial charge in [0, 0.05) is 31.6 Å². The van der Waals surface area contributed by atoms with Crippen LogP contribution in [0.5, 0.6) is 0 Å². The smallest absolute Gasteiger partial charge is 0.340 e. The van der Waals surface area contributed by atoms with Gasteiger partial charge in [-0.1, -0.05) is 12.8 Å². The van der Waals surface area contributed by atoms with E-state index >= 15 is 0 Å². The fourth-order valence-corrected chi connectivity index (χ4v) is 3.39. The van der Waals surface area contributed by atoms with Crippen LogP contribution in [0.25, 0.3) is 11.2 Å². The van der Waals surface area contributed by atoms with Gasteiger partial charge in [0.15, 0.2) is 17.6 Å². The number of nitrogens with zero attached hydrogens (tertiary/aromatic N) is 5. The van der Waals surface area contributed by atoms with Gasteiger partial charge in [0.2, 0.25) is 0 Å². The predicted molar refractivity (Wildman–Crippen MR) is 90.7 cm³/mol. The summed E-state index contributed by atoms with van der Waals surface area (Å²) in [6.45, 7) is 0. The number of carbonyl (C=O) groups is 1. The average Bonchev–Trinajstić information content (AvgIpc) is 3.30. The summed E-state index contributed by atoms with van der Waals surface area (Å²) in [6, 6.07) is 3.47. The van der Waals surface area contributed by atoms with Crippen LogP contribution in [0.3, 0.4) is 0 Å². The third-order valence-electron chi connectivity index (χ3n) is 4.69. The van der Waals surface area contributed by atoms with E-state index in [0.29, 0.717) is 16.9 Å². The number of rotatable bonds is 4. The van der Waals surface area contributed by atoms with Crippen molar-refractivity contribution in [3.63, 3.8) is 0 Å². The van der Waals surface area contributed by atoms with Gasteiger partial charge >= 0.3 is 5.97 Å². The molecule has 0 amide bonds. The first kappa shape index (κ1) is 15.7. The topological polar surface area (TPSA) is 82.8 Å². The fraction of sp³-hybridized carbons (Fsp3) is 0.389. The van der Waals surface area contributed by atoms with Crippen LogP contribution in [-0.4, -0.2) is 30.5 Å². The van der Waals surface area contributed by atoms with Gasteiger partial charge in [-0.15, -0.1) is 0 Å². The summed E-state index contributed by atoms with van der Waals surface area (Å²) in [4.78, 5) is 29.8. The molecule has 1 saturated carbocycles. The summed E-state index contributed by atoms with van der Waals surface area (Å²) in [5.74, 6) is 0.414. The van der Waals surface area contributed by atoms with E-state index in [1.54, 1.807) is 30.9 Å². The number of aryl methyl sites for hydroxylation is 1. The lowest BCUT2D eigenvalue weighted by Gasteiger charge is -2.22. The normalized spacial score (nSPS) is 16.2. The van der Waals surface area contributed by atoms with E-state index < -0.39 is 12.1 Å². The Kier molecular flexibility index (Phi) is 4.13. The zero-order valence-electron chi connectivity index (χ0n) is 14.0. The highest BCUT2D eigenvalue weighted by molar-refractivity contribution is 5.92. The zero-order chi connectivity index (χ0) is 17.2. The summed E-state index contributed by atoms with van der Waals surface area (Å²) in [5.41, 5.74) is 1.80. The monoisotopic (exact) mass is 337 g/mol. The Hall–Kier alpha value is -2.83. The number of ether oxygens (including phenoxy) is 1. The number of aromatic nitrogens is 5. The van der Waals surface area contributed by atoms with E-state index in [4.69, 9.17) is 4.74 Å². The Morgan fingerprint density at radius 3 is 2.72 bits per heavy atom. The summed E-state index contributed by atoms with van der Waals surface area (Å²) < 4.78 is 7.63. The molecule has 0 aromatic carbocycles. The molecule has 1 aliphatic carbocycles. The SMILES string of the molecule is Cn1cnc2cc(C(=O)OC(c3ncccn3)C3CCCC3)cnc21. The largest absolute Gasteiger partial charge is 0.450 e. The quantitative estimate of drug-likeness (QED) is 0.681. The lowest BCUT2D eigenvalue weighted by molar-refractivity contribution is 0.0108. The van der Waals surface area contributed by atoms with Crippen LogP contribution in [0.2, 0.25) is 0 Å². The van der Waals surface area contributed by atoms with Crippen LogP contribution in [-0.2, 0) is 11.8 Å². The number of esters is 1. The Bertz CT molecular complexity index is 887. The molecule has 25 heavy (non-hydrogen) atoms. The second-order valence-electron chi connectivity index (χ2n) is 6.40. The van der Waals surface area contributed by atoms with Gasteiger partial charge in [0.05, 0.1) is 11.9 Å². The molecule has 1 aliphatic rings. The van der Waals surface area contributed by atoms with Crippen molar-refractivity contribution in [3.05, 3.63) is 48.4 Å². The molecular formula is C18H19N5O2. The number of hydrogen-bond acceptors (Lipinski definition) is 6. The summed E-state index contributed by atoms with van der Waals surface area (Å²) >= 11 is 0. The van der Waals surface area contributed by atoms with Crippen molar-refractivity contribution in [2.75, 3.05) is 0 Å². The molecule has 0 radical (unpaired) electrons. The Morgan fingerprint density at radius 1 is 1.20 bits per heavy atom. The van der Waals surface area contributed by atoms with Crippen LogP contribution in [0.4, 0.5) is 0 Å². The van der Waals surface area contributed by atoms with Gasteiger partial charge in [-0.3, -0.25) is 0 Å². The van der Waals surface area contributed by atoms with E-state index in [0.717, 1.165) is 31.3 Å². The Morgan fingerprint density at radius 2 is 1.96 bits per heavy atom. The van der Waals surface area contributed by atoms with E-state index in [-0.39, 0.29) is 5.92 Å². The number of imidazole rings is 1. The Balaban J connectivity index is 1.60. The first-order chi connectivity index (χ1) is 12.2. The van der Waals surface area contributed by atoms with Crippen molar-refractivity contribution in [1.29, 1.82) is 0 Å². The zero-order valence-corrected chi connectivity index (χ0v) is 14.0. The van der Waals surface area contributed by atoms with Crippen molar-refractivity contribution in [2.24, 2.45) is 13.0 Å². The molecule has 1 fully saturated rings. The minimum Gasteiger partial charge on any atom is -0.450 e. The highest BCUT2D eigenvalue weighted by Crippen LogP contribution is 2.37. The molecule has 0 spiro atoms. The summed E-state index contributed by atoms with van der Waals surface area (Å²) in [6.07, 6.45) is 10.5. The van der Waals surface area contributed by atoms with Gasteiger partial charge in [0.1, 0.15) is 5.52 Å². The van der Waals surface area contributed by atoms with E-state index in [9.17, 15) is 4.79 Å². The molecule has 7 heteroatoms. The third-order valence-corrected chi connectivity index (χ3v) is 4.69. The minimum absolute atomic E-state index is 0.262. The van der Waals surface area contributed by atoms with Crippen molar-refractivity contribution in [2.45, 2.75) is 31.8 Å². The van der Waals surface area contributed by atoms with Crippen molar-refractivity contribution >= 4 is 17.1 Å². The molecule has 3 aromatic heterocycles. The molecule has 0 aliphatic heterocycles.